The van der Waals surface area contributed by atoms with Gasteiger partial charge in [-0.3, -0.25) is 4.98 Å². The minimum Gasteiger partial charge on any atom is -0.492 e. The van der Waals surface area contributed by atoms with E-state index in [2.05, 4.69) is 11.1 Å². The summed E-state index contributed by atoms with van der Waals surface area (Å²) in [6, 6.07) is 19.4. The van der Waals surface area contributed by atoms with Crippen molar-refractivity contribution in [2.45, 2.75) is 20.4 Å². The summed E-state index contributed by atoms with van der Waals surface area (Å²) in [5.74, 6) is -0.196. The molecule has 0 spiro atoms. The summed E-state index contributed by atoms with van der Waals surface area (Å²) in [5, 5.41) is 10.6. The molecule has 4 aromatic rings. The Bertz CT molecular complexity index is 1180. The highest BCUT2D eigenvalue weighted by Crippen LogP contribution is 2.30. The van der Waals surface area contributed by atoms with Crippen LogP contribution in [0.1, 0.15) is 21.6 Å². The molecule has 0 saturated carbocycles. The Balaban J connectivity index is 1.69. The SMILES string of the molecule is Cc1ccc(OCCn2c(C(=O)O)cc3c(-c4cccc(C)c4)nccc32)cc1. The van der Waals surface area contributed by atoms with E-state index in [1.54, 1.807) is 16.8 Å². The second-order valence-corrected chi connectivity index (χ2v) is 7.11. The van der Waals surface area contributed by atoms with Crippen molar-refractivity contribution in [2.75, 3.05) is 6.61 Å². The summed E-state index contributed by atoms with van der Waals surface area (Å²) in [4.78, 5) is 16.4. The Labute approximate surface area is 169 Å². The number of hydrogen-bond acceptors (Lipinski definition) is 3. The van der Waals surface area contributed by atoms with Gasteiger partial charge in [0.15, 0.2) is 0 Å². The number of aryl methyl sites for hydroxylation is 2. The molecule has 0 unspecified atom stereocenters. The highest BCUT2D eigenvalue weighted by molar-refractivity contribution is 6.00. The van der Waals surface area contributed by atoms with E-state index < -0.39 is 5.97 Å². The lowest BCUT2D eigenvalue weighted by Gasteiger charge is -2.11. The molecule has 1 N–H and O–H groups in total. The summed E-state index contributed by atoms with van der Waals surface area (Å²) in [6.07, 6.45) is 1.73. The molecule has 0 amide bonds. The van der Waals surface area contributed by atoms with Crippen molar-refractivity contribution >= 4 is 16.9 Å². The molecule has 146 valence electrons. The molecule has 0 aliphatic rings. The van der Waals surface area contributed by atoms with Gasteiger partial charge in [0.05, 0.1) is 17.8 Å². The molecule has 0 aliphatic carbocycles. The number of hydrogen-bond donors (Lipinski definition) is 1. The van der Waals surface area contributed by atoms with Crippen LogP contribution in [0.2, 0.25) is 0 Å². The molecule has 4 rings (SSSR count). The number of carboxylic acid groups (broad SMARTS) is 1. The van der Waals surface area contributed by atoms with E-state index in [0.29, 0.717) is 13.2 Å². The van der Waals surface area contributed by atoms with E-state index in [4.69, 9.17) is 4.74 Å². The third-order valence-electron chi connectivity index (χ3n) is 4.94. The molecule has 0 aliphatic heterocycles. The van der Waals surface area contributed by atoms with Gasteiger partial charge < -0.3 is 14.4 Å². The maximum absolute atomic E-state index is 11.9. The van der Waals surface area contributed by atoms with E-state index >= 15 is 0 Å². The van der Waals surface area contributed by atoms with Crippen LogP contribution in [-0.4, -0.2) is 27.2 Å². The van der Waals surface area contributed by atoms with Crippen LogP contribution in [-0.2, 0) is 6.54 Å². The number of aromatic nitrogens is 2. The van der Waals surface area contributed by atoms with Gasteiger partial charge in [-0.1, -0.05) is 41.5 Å². The summed E-state index contributed by atoms with van der Waals surface area (Å²) >= 11 is 0. The van der Waals surface area contributed by atoms with Crippen molar-refractivity contribution in [3.05, 3.63) is 83.7 Å². The molecule has 2 aromatic carbocycles. The van der Waals surface area contributed by atoms with Gasteiger partial charge in [-0.25, -0.2) is 4.79 Å². The first-order chi connectivity index (χ1) is 14.0. The Morgan fingerprint density at radius 3 is 2.55 bits per heavy atom. The third kappa shape index (κ3) is 3.85. The highest BCUT2D eigenvalue weighted by atomic mass is 16.5. The molecule has 29 heavy (non-hydrogen) atoms. The fourth-order valence-electron chi connectivity index (χ4n) is 3.51. The van der Waals surface area contributed by atoms with E-state index in [9.17, 15) is 9.90 Å². The van der Waals surface area contributed by atoms with Crippen LogP contribution in [0.3, 0.4) is 0 Å². The lowest BCUT2D eigenvalue weighted by Crippen LogP contribution is -2.13. The van der Waals surface area contributed by atoms with Crippen LogP contribution in [0.25, 0.3) is 22.2 Å². The minimum atomic E-state index is -0.966. The lowest BCUT2D eigenvalue weighted by molar-refractivity contribution is 0.0684. The molecular formula is C24H22N2O3. The molecule has 0 bridgehead atoms. The summed E-state index contributed by atoms with van der Waals surface area (Å²) in [6.45, 7) is 4.85. The molecule has 0 radical (unpaired) electrons. The van der Waals surface area contributed by atoms with Crippen molar-refractivity contribution in [1.82, 2.24) is 9.55 Å². The molecule has 0 fully saturated rings. The monoisotopic (exact) mass is 386 g/mol. The first-order valence-electron chi connectivity index (χ1n) is 9.51. The number of benzene rings is 2. The zero-order valence-corrected chi connectivity index (χ0v) is 16.4. The predicted octanol–water partition coefficient (Wildman–Crippen LogP) is 5.10. The van der Waals surface area contributed by atoms with Crippen molar-refractivity contribution in [3.8, 4) is 17.0 Å². The van der Waals surface area contributed by atoms with Crippen molar-refractivity contribution in [1.29, 1.82) is 0 Å². The number of carbonyl (C=O) groups is 1. The lowest BCUT2D eigenvalue weighted by atomic mass is 10.1. The van der Waals surface area contributed by atoms with Gasteiger partial charge in [-0.2, -0.15) is 0 Å². The van der Waals surface area contributed by atoms with Gasteiger partial charge in [0.1, 0.15) is 18.1 Å². The van der Waals surface area contributed by atoms with Gasteiger partial charge >= 0.3 is 5.97 Å². The smallest absolute Gasteiger partial charge is 0.352 e. The van der Waals surface area contributed by atoms with Gasteiger partial charge in [0, 0.05) is 17.1 Å². The largest absolute Gasteiger partial charge is 0.492 e. The van der Waals surface area contributed by atoms with Gasteiger partial charge in [-0.05, 0) is 44.2 Å². The van der Waals surface area contributed by atoms with Gasteiger partial charge in [-0.15, -0.1) is 0 Å². The van der Waals surface area contributed by atoms with Crippen molar-refractivity contribution < 1.29 is 14.6 Å². The summed E-state index contributed by atoms with van der Waals surface area (Å²) in [7, 11) is 0. The van der Waals surface area contributed by atoms with E-state index in [0.717, 1.165) is 39.0 Å². The number of pyridine rings is 1. The Morgan fingerprint density at radius 2 is 1.83 bits per heavy atom. The topological polar surface area (TPSA) is 64.3 Å². The fraction of sp³-hybridized carbons (Fsp3) is 0.167. The normalized spacial score (nSPS) is 11.0. The van der Waals surface area contributed by atoms with E-state index in [-0.39, 0.29) is 5.69 Å². The maximum Gasteiger partial charge on any atom is 0.352 e. The van der Waals surface area contributed by atoms with Gasteiger partial charge in [0.2, 0.25) is 0 Å². The Morgan fingerprint density at radius 1 is 1.03 bits per heavy atom. The van der Waals surface area contributed by atoms with E-state index in [1.807, 2.05) is 62.4 Å². The second kappa shape index (κ2) is 7.80. The Kier molecular flexibility index (Phi) is 5.04. The molecular weight excluding hydrogens is 364 g/mol. The molecule has 0 saturated heterocycles. The number of rotatable bonds is 6. The van der Waals surface area contributed by atoms with Crippen LogP contribution >= 0.6 is 0 Å². The summed E-state index contributed by atoms with van der Waals surface area (Å²) < 4.78 is 7.60. The van der Waals surface area contributed by atoms with Crippen LogP contribution in [0.5, 0.6) is 5.75 Å². The molecule has 2 aromatic heterocycles. The second-order valence-electron chi connectivity index (χ2n) is 7.11. The standard InChI is InChI=1S/C24H22N2O3/c1-16-6-8-19(9-7-16)29-13-12-26-21-10-11-25-23(18-5-3-4-17(2)14-18)20(21)15-22(26)24(27)28/h3-11,14-15H,12-13H2,1-2H3,(H,27,28). The van der Waals surface area contributed by atoms with Crippen molar-refractivity contribution in [2.24, 2.45) is 0 Å². The highest BCUT2D eigenvalue weighted by Gasteiger charge is 2.18. The maximum atomic E-state index is 11.9. The fourth-order valence-corrected chi connectivity index (χ4v) is 3.51. The first-order valence-corrected chi connectivity index (χ1v) is 9.51. The van der Waals surface area contributed by atoms with Crippen LogP contribution in [0.4, 0.5) is 0 Å². The zero-order valence-electron chi connectivity index (χ0n) is 16.4. The summed E-state index contributed by atoms with van der Waals surface area (Å²) in [5.41, 5.74) is 5.12. The molecule has 5 nitrogen and oxygen atoms in total. The quantitative estimate of drug-likeness (QED) is 0.501. The van der Waals surface area contributed by atoms with Crippen LogP contribution < -0.4 is 4.74 Å². The van der Waals surface area contributed by atoms with Crippen molar-refractivity contribution in [3.63, 3.8) is 0 Å². The zero-order chi connectivity index (χ0) is 20.4. The predicted molar refractivity (Wildman–Crippen MR) is 114 cm³/mol. The molecule has 0 atom stereocenters. The van der Waals surface area contributed by atoms with Crippen LogP contribution in [0.15, 0.2) is 66.9 Å². The number of carboxylic acids is 1. The average molecular weight is 386 g/mol. The van der Waals surface area contributed by atoms with Crippen LogP contribution in [0, 0.1) is 13.8 Å². The number of fused-ring (bicyclic) bond motifs is 1. The third-order valence-corrected chi connectivity index (χ3v) is 4.94. The van der Waals surface area contributed by atoms with E-state index in [1.165, 1.54) is 0 Å². The Hall–Kier alpha value is -3.60. The number of ether oxygens (including phenoxy) is 1. The molecule has 5 heteroatoms. The van der Waals surface area contributed by atoms with Gasteiger partial charge in [0.25, 0.3) is 0 Å². The minimum absolute atomic E-state index is 0.231. The molecule has 2 heterocycles. The number of nitrogens with zero attached hydrogens (tertiary/aromatic N) is 2. The number of aromatic carboxylic acids is 1. The first kappa shape index (κ1) is 18.7. The average Bonchev–Trinajstić information content (AvgIpc) is 3.08.